The number of esters is 2. The zero-order valence-corrected chi connectivity index (χ0v) is 38.6. The van der Waals surface area contributed by atoms with Crippen LogP contribution in [0, 0.1) is 0 Å². The number of allylic oxidation sites excluding steroid dienone is 16. The number of unbranched alkanes of at least 4 members (excludes halogenated alkanes) is 16. The van der Waals surface area contributed by atoms with Gasteiger partial charge in [-0.25, -0.2) is 0 Å². The molecular weight excluding hydrogens is 751 g/mol. The lowest BCUT2D eigenvalue weighted by molar-refractivity contribution is -0.889. The lowest BCUT2D eigenvalue weighted by atomic mass is 10.1. The van der Waals surface area contributed by atoms with E-state index in [4.69, 9.17) is 14.2 Å². The number of carbonyl (C=O) groups is 3. The van der Waals surface area contributed by atoms with Gasteiger partial charge in [0.2, 0.25) is 0 Å². The van der Waals surface area contributed by atoms with Crippen molar-refractivity contribution in [3.05, 3.63) is 97.2 Å². The van der Waals surface area contributed by atoms with E-state index in [9.17, 15) is 19.5 Å². The van der Waals surface area contributed by atoms with Crippen LogP contribution in [0.4, 0.5) is 0 Å². The molecule has 0 radical (unpaired) electrons. The zero-order valence-electron chi connectivity index (χ0n) is 38.6. The third-order valence-electron chi connectivity index (χ3n) is 9.86. The number of likely N-dealkylation sites (N-methyl/N-ethyl adjacent to an activating group) is 1. The molecule has 0 spiro atoms. The van der Waals surface area contributed by atoms with Gasteiger partial charge in [0.15, 0.2) is 6.10 Å². The van der Waals surface area contributed by atoms with Gasteiger partial charge in [-0.05, 0) is 57.8 Å². The molecule has 0 aromatic heterocycles. The van der Waals surface area contributed by atoms with E-state index < -0.39 is 18.1 Å². The van der Waals surface area contributed by atoms with Gasteiger partial charge in [-0.3, -0.25) is 9.59 Å². The van der Waals surface area contributed by atoms with Gasteiger partial charge in [0.05, 0.1) is 40.3 Å². The van der Waals surface area contributed by atoms with Crippen molar-refractivity contribution in [1.82, 2.24) is 0 Å². The molecule has 8 heteroatoms. The Kier molecular flexibility index (Phi) is 39.3. The quantitative estimate of drug-likeness (QED) is 0.0262. The monoisotopic (exact) mass is 836 g/mol. The van der Waals surface area contributed by atoms with Crippen LogP contribution in [0.1, 0.15) is 162 Å². The zero-order chi connectivity index (χ0) is 44.2. The summed E-state index contributed by atoms with van der Waals surface area (Å²) >= 11 is 0. The van der Waals surface area contributed by atoms with Crippen LogP contribution < -0.4 is 5.11 Å². The summed E-state index contributed by atoms with van der Waals surface area (Å²) in [5.41, 5.74) is 0. The highest BCUT2D eigenvalue weighted by atomic mass is 16.6. The van der Waals surface area contributed by atoms with Crippen LogP contribution in [-0.4, -0.2) is 75.5 Å². The highest BCUT2D eigenvalue weighted by Gasteiger charge is 2.25. The Hall–Kier alpha value is -3.75. The maximum atomic E-state index is 12.7. The molecule has 0 aliphatic rings. The number of ether oxygens (including phenoxy) is 3. The minimum atomic E-state index is -1.14. The van der Waals surface area contributed by atoms with E-state index in [1.807, 2.05) is 36.5 Å². The molecule has 8 nitrogen and oxygen atoms in total. The van der Waals surface area contributed by atoms with Crippen molar-refractivity contribution >= 4 is 17.9 Å². The lowest BCUT2D eigenvalue weighted by Gasteiger charge is -2.34. The molecule has 0 bridgehead atoms. The Morgan fingerprint density at radius 3 is 1.37 bits per heavy atom. The number of rotatable bonds is 40. The van der Waals surface area contributed by atoms with E-state index >= 15 is 0 Å². The number of carboxylic acids is 1. The molecule has 0 aliphatic heterocycles. The smallest absolute Gasteiger partial charge is 0.306 e. The van der Waals surface area contributed by atoms with Crippen molar-refractivity contribution in [3.8, 4) is 0 Å². The van der Waals surface area contributed by atoms with E-state index in [1.54, 1.807) is 21.1 Å². The molecule has 60 heavy (non-hydrogen) atoms. The molecule has 2 atom stereocenters. The molecule has 0 amide bonds. The summed E-state index contributed by atoms with van der Waals surface area (Å²) < 4.78 is 17.1. The van der Waals surface area contributed by atoms with Gasteiger partial charge in [-0.2, -0.15) is 0 Å². The Morgan fingerprint density at radius 2 is 0.917 bits per heavy atom. The summed E-state index contributed by atoms with van der Waals surface area (Å²) in [6.07, 6.45) is 55.6. The molecule has 0 aromatic rings. The normalized spacial score (nSPS) is 13.8. The minimum Gasteiger partial charge on any atom is -0.544 e. The molecule has 2 unspecified atom stereocenters. The van der Waals surface area contributed by atoms with Crippen molar-refractivity contribution in [2.45, 2.75) is 174 Å². The summed E-state index contributed by atoms with van der Waals surface area (Å²) in [5.74, 6) is -1.81. The van der Waals surface area contributed by atoms with Crippen molar-refractivity contribution in [1.29, 1.82) is 0 Å². The second-order valence-electron chi connectivity index (χ2n) is 16.5. The van der Waals surface area contributed by atoms with Gasteiger partial charge >= 0.3 is 11.9 Å². The van der Waals surface area contributed by atoms with Crippen LogP contribution in [0.5, 0.6) is 0 Å². The molecule has 0 aliphatic carbocycles. The maximum Gasteiger partial charge on any atom is 0.306 e. The number of aliphatic carboxylic acids is 1. The summed E-state index contributed by atoms with van der Waals surface area (Å²) in [5, 5.41) is 11.6. The summed E-state index contributed by atoms with van der Waals surface area (Å²) in [7, 11) is 5.38. The summed E-state index contributed by atoms with van der Waals surface area (Å²) in [6, 6.07) is -0.740. The van der Waals surface area contributed by atoms with Gasteiger partial charge in [0, 0.05) is 19.3 Å². The first-order valence-corrected chi connectivity index (χ1v) is 23.4. The molecule has 0 saturated carbocycles. The summed E-state index contributed by atoms with van der Waals surface area (Å²) in [4.78, 5) is 36.9. The number of quaternary nitrogens is 1. The predicted octanol–water partition coefficient (Wildman–Crippen LogP) is 11.7. The van der Waals surface area contributed by atoms with Crippen molar-refractivity contribution < 1.29 is 38.2 Å². The van der Waals surface area contributed by atoms with Crippen molar-refractivity contribution in [3.63, 3.8) is 0 Å². The number of carboxylic acid groups (broad SMARTS) is 1. The standard InChI is InChI=1S/C52H85NO7/c1-6-8-10-12-14-16-18-20-22-24-26-28-30-32-34-36-38-40-42-50(54)59-47-48(46-58-45-44-49(52(56)57)53(3,4)5)60-51(55)43-41-39-37-35-33-31-29-27-25-23-21-19-17-15-13-11-9-7-2/h11,13,15,17-29,48-49H,6-10,12,14,16,30-47H2,1-5H3/b13-11+,17-15+,20-18+,21-19+,24-22+,25-23+,28-26+,29-27+. The van der Waals surface area contributed by atoms with Gasteiger partial charge in [0.25, 0.3) is 0 Å². The van der Waals surface area contributed by atoms with Gasteiger partial charge < -0.3 is 28.6 Å². The Morgan fingerprint density at radius 1 is 0.500 bits per heavy atom. The first-order chi connectivity index (χ1) is 29.1. The van der Waals surface area contributed by atoms with E-state index in [0.29, 0.717) is 6.42 Å². The molecule has 0 saturated heterocycles. The molecule has 0 aromatic carbocycles. The minimum absolute atomic E-state index is 0.0167. The molecule has 0 fully saturated rings. The van der Waals surface area contributed by atoms with Gasteiger partial charge in [-0.1, -0.05) is 182 Å². The average molecular weight is 836 g/mol. The molecule has 0 heterocycles. The number of hydrogen-bond donors (Lipinski definition) is 0. The Bertz CT molecular complexity index is 1300. The van der Waals surface area contributed by atoms with Crippen LogP contribution in [0.2, 0.25) is 0 Å². The predicted molar refractivity (Wildman–Crippen MR) is 249 cm³/mol. The summed E-state index contributed by atoms with van der Waals surface area (Å²) in [6.45, 7) is 4.49. The van der Waals surface area contributed by atoms with Crippen LogP contribution >= 0.6 is 0 Å². The SMILES string of the molecule is CCC/C=C/C=C/C=C/C=C/C=C/CCCCCCCC(=O)OC(COCCC(C(=O)[O-])[N+](C)(C)C)COC(=O)CCCCCCC/C=C/C=C/C=C/CCCCCCC. The van der Waals surface area contributed by atoms with Gasteiger partial charge in [0.1, 0.15) is 12.6 Å². The van der Waals surface area contributed by atoms with E-state index in [2.05, 4.69) is 74.6 Å². The topological polar surface area (TPSA) is 102 Å². The molecule has 340 valence electrons. The lowest BCUT2D eigenvalue weighted by Crippen LogP contribution is -2.55. The second-order valence-corrected chi connectivity index (χ2v) is 16.5. The van der Waals surface area contributed by atoms with Crippen LogP contribution in [0.25, 0.3) is 0 Å². The maximum absolute atomic E-state index is 12.7. The first kappa shape index (κ1) is 56.2. The van der Waals surface area contributed by atoms with E-state index in [-0.39, 0.29) is 49.1 Å². The highest BCUT2D eigenvalue weighted by molar-refractivity contribution is 5.70. The van der Waals surface area contributed by atoms with Gasteiger partial charge in [-0.15, -0.1) is 0 Å². The Labute approximate surface area is 366 Å². The third kappa shape index (κ3) is 39.7. The Balaban J connectivity index is 4.45. The fourth-order valence-corrected chi connectivity index (χ4v) is 6.22. The fraction of sp³-hybridized carbons (Fsp3) is 0.635. The number of hydrogen-bond acceptors (Lipinski definition) is 7. The molecular formula is C52H85NO7. The van der Waals surface area contributed by atoms with E-state index in [1.165, 1.54) is 38.5 Å². The third-order valence-corrected chi connectivity index (χ3v) is 9.86. The molecule has 0 rings (SSSR count). The average Bonchev–Trinajstić information content (AvgIpc) is 3.21. The molecule has 0 N–H and O–H groups in total. The second kappa shape index (κ2) is 42.0. The van der Waals surface area contributed by atoms with Crippen LogP contribution in [-0.2, 0) is 28.6 Å². The van der Waals surface area contributed by atoms with Crippen molar-refractivity contribution in [2.75, 3.05) is 41.0 Å². The van der Waals surface area contributed by atoms with E-state index in [0.717, 1.165) is 89.9 Å². The van der Waals surface area contributed by atoms with Crippen molar-refractivity contribution in [2.24, 2.45) is 0 Å². The first-order valence-electron chi connectivity index (χ1n) is 23.4. The number of nitrogens with zero attached hydrogens (tertiary/aromatic N) is 1. The number of carbonyl (C=O) groups excluding carboxylic acids is 3. The highest BCUT2D eigenvalue weighted by Crippen LogP contribution is 2.13. The fourth-order valence-electron chi connectivity index (χ4n) is 6.22. The van der Waals surface area contributed by atoms with Crippen LogP contribution in [0.15, 0.2) is 97.2 Å². The van der Waals surface area contributed by atoms with Crippen LogP contribution in [0.3, 0.4) is 0 Å². The largest absolute Gasteiger partial charge is 0.544 e.